The molecule has 106 valence electrons. The van der Waals surface area contributed by atoms with Gasteiger partial charge in [-0.05, 0) is 37.3 Å². The van der Waals surface area contributed by atoms with Crippen LogP contribution in [0.1, 0.15) is 18.6 Å². The Kier molecular flexibility index (Phi) is 3.54. The average molecular weight is 283 g/mol. The highest BCUT2D eigenvalue weighted by molar-refractivity contribution is 5.79. The van der Waals surface area contributed by atoms with Crippen LogP contribution in [-0.2, 0) is 0 Å². The van der Waals surface area contributed by atoms with Gasteiger partial charge in [0.1, 0.15) is 17.3 Å². The molecule has 0 amide bonds. The Morgan fingerprint density at radius 3 is 2.81 bits per heavy atom. The van der Waals surface area contributed by atoms with Crippen LogP contribution in [0.3, 0.4) is 0 Å². The normalized spacial score (nSPS) is 12.3. The van der Waals surface area contributed by atoms with Crippen molar-refractivity contribution in [2.45, 2.75) is 13.0 Å². The predicted molar refractivity (Wildman–Crippen MR) is 78.9 cm³/mol. The van der Waals surface area contributed by atoms with E-state index in [4.69, 9.17) is 4.74 Å². The lowest BCUT2D eigenvalue weighted by Gasteiger charge is -2.14. The minimum atomic E-state index is -0.945. The molecule has 1 aromatic heterocycles. The largest absolute Gasteiger partial charge is 0.457 e. The van der Waals surface area contributed by atoms with Crippen molar-refractivity contribution in [2.75, 3.05) is 0 Å². The van der Waals surface area contributed by atoms with E-state index in [2.05, 4.69) is 4.98 Å². The molecule has 1 unspecified atom stereocenters. The van der Waals surface area contributed by atoms with Crippen molar-refractivity contribution in [3.63, 3.8) is 0 Å². The highest BCUT2D eigenvalue weighted by atomic mass is 19.1. The van der Waals surface area contributed by atoms with E-state index < -0.39 is 11.9 Å². The van der Waals surface area contributed by atoms with Crippen LogP contribution in [0.2, 0.25) is 0 Å². The second-order valence-corrected chi connectivity index (χ2v) is 4.79. The Morgan fingerprint density at radius 2 is 2.00 bits per heavy atom. The zero-order chi connectivity index (χ0) is 14.8. The molecule has 1 N–H and O–H groups in total. The Morgan fingerprint density at radius 1 is 1.14 bits per heavy atom. The van der Waals surface area contributed by atoms with Gasteiger partial charge in [0.25, 0.3) is 0 Å². The maximum Gasteiger partial charge on any atom is 0.136 e. The Balaban J connectivity index is 2.00. The van der Waals surface area contributed by atoms with Gasteiger partial charge in [-0.1, -0.05) is 12.1 Å². The van der Waals surface area contributed by atoms with E-state index >= 15 is 0 Å². The number of rotatable bonds is 3. The molecule has 3 rings (SSSR count). The highest BCUT2D eigenvalue weighted by Crippen LogP contribution is 2.32. The fraction of sp³-hybridized carbons (Fsp3) is 0.118. The smallest absolute Gasteiger partial charge is 0.136 e. The summed E-state index contributed by atoms with van der Waals surface area (Å²) < 4.78 is 19.5. The van der Waals surface area contributed by atoms with Gasteiger partial charge in [-0.3, -0.25) is 4.98 Å². The lowest BCUT2D eigenvalue weighted by Crippen LogP contribution is -1.99. The van der Waals surface area contributed by atoms with Gasteiger partial charge < -0.3 is 9.84 Å². The first kappa shape index (κ1) is 13.5. The second-order valence-electron chi connectivity index (χ2n) is 4.79. The van der Waals surface area contributed by atoms with Gasteiger partial charge in [-0.2, -0.15) is 0 Å². The van der Waals surface area contributed by atoms with Gasteiger partial charge in [-0.15, -0.1) is 0 Å². The van der Waals surface area contributed by atoms with Crippen LogP contribution in [0, 0.1) is 5.82 Å². The van der Waals surface area contributed by atoms with Gasteiger partial charge in [0.15, 0.2) is 0 Å². The number of pyridine rings is 1. The Labute approximate surface area is 121 Å². The molecule has 3 nitrogen and oxygen atoms in total. The van der Waals surface area contributed by atoms with Crippen LogP contribution < -0.4 is 4.74 Å². The maximum atomic E-state index is 13.8. The van der Waals surface area contributed by atoms with Crippen molar-refractivity contribution in [2.24, 2.45) is 0 Å². The highest BCUT2D eigenvalue weighted by Gasteiger charge is 2.15. The quantitative estimate of drug-likeness (QED) is 0.782. The van der Waals surface area contributed by atoms with Crippen molar-refractivity contribution in [3.05, 3.63) is 66.1 Å². The lowest BCUT2D eigenvalue weighted by atomic mass is 10.1. The predicted octanol–water partition coefficient (Wildman–Crippen LogP) is 4.22. The van der Waals surface area contributed by atoms with E-state index in [1.54, 1.807) is 30.5 Å². The van der Waals surface area contributed by atoms with E-state index in [-0.39, 0.29) is 5.56 Å². The zero-order valence-electron chi connectivity index (χ0n) is 11.5. The SMILES string of the molecule is CC(O)c1c(F)cccc1Oc1ccc2cccnc2c1. The molecular weight excluding hydrogens is 269 g/mol. The van der Waals surface area contributed by atoms with Crippen LogP contribution >= 0.6 is 0 Å². The summed E-state index contributed by atoms with van der Waals surface area (Å²) in [5, 5.41) is 10.7. The summed E-state index contributed by atoms with van der Waals surface area (Å²) in [5.74, 6) is 0.371. The molecule has 1 atom stereocenters. The fourth-order valence-corrected chi connectivity index (χ4v) is 2.25. The number of halogens is 1. The number of aliphatic hydroxyl groups excluding tert-OH is 1. The number of hydrogen-bond acceptors (Lipinski definition) is 3. The summed E-state index contributed by atoms with van der Waals surface area (Å²) >= 11 is 0. The van der Waals surface area contributed by atoms with E-state index in [1.165, 1.54) is 13.0 Å². The molecule has 0 saturated heterocycles. The van der Waals surface area contributed by atoms with E-state index in [9.17, 15) is 9.50 Å². The van der Waals surface area contributed by atoms with E-state index in [0.717, 1.165) is 10.9 Å². The molecule has 21 heavy (non-hydrogen) atoms. The maximum absolute atomic E-state index is 13.8. The molecule has 0 spiro atoms. The monoisotopic (exact) mass is 283 g/mol. The molecule has 0 fully saturated rings. The third-order valence-corrected chi connectivity index (χ3v) is 3.24. The van der Waals surface area contributed by atoms with Crippen molar-refractivity contribution in [1.82, 2.24) is 4.98 Å². The molecule has 0 aliphatic rings. The van der Waals surface area contributed by atoms with Gasteiger partial charge in [-0.25, -0.2) is 4.39 Å². The summed E-state index contributed by atoms with van der Waals surface area (Å²) in [6.45, 7) is 1.51. The third-order valence-electron chi connectivity index (χ3n) is 3.24. The minimum Gasteiger partial charge on any atom is -0.457 e. The minimum absolute atomic E-state index is 0.151. The molecule has 3 aromatic rings. The average Bonchev–Trinajstić information content (AvgIpc) is 2.47. The molecule has 2 aromatic carbocycles. The molecule has 0 radical (unpaired) electrons. The number of fused-ring (bicyclic) bond motifs is 1. The van der Waals surface area contributed by atoms with Crippen molar-refractivity contribution >= 4 is 10.9 Å². The molecular formula is C17H14FNO2. The first-order valence-electron chi connectivity index (χ1n) is 6.64. The molecule has 1 heterocycles. The summed E-state index contributed by atoms with van der Waals surface area (Å²) in [6, 6.07) is 13.8. The van der Waals surface area contributed by atoms with Crippen LogP contribution in [-0.4, -0.2) is 10.1 Å². The molecule has 4 heteroatoms. The molecule has 0 aliphatic carbocycles. The summed E-state index contributed by atoms with van der Waals surface area (Å²) in [5.41, 5.74) is 0.948. The van der Waals surface area contributed by atoms with Crippen LogP contribution in [0.15, 0.2) is 54.7 Å². The summed E-state index contributed by atoms with van der Waals surface area (Å²) in [7, 11) is 0. The molecule has 0 saturated carbocycles. The van der Waals surface area contributed by atoms with Gasteiger partial charge in [0.05, 0.1) is 17.2 Å². The first-order chi connectivity index (χ1) is 10.1. The summed E-state index contributed by atoms with van der Waals surface area (Å²) in [6.07, 6.45) is 0.759. The van der Waals surface area contributed by atoms with Gasteiger partial charge in [0, 0.05) is 17.6 Å². The molecule has 0 bridgehead atoms. The standard InChI is InChI=1S/C17H14FNO2/c1-11(20)17-14(18)5-2-6-16(17)21-13-8-7-12-4-3-9-19-15(12)10-13/h2-11,20H,1H3. The number of hydrogen-bond donors (Lipinski definition) is 1. The number of aliphatic hydroxyl groups is 1. The number of benzene rings is 2. The zero-order valence-corrected chi connectivity index (χ0v) is 11.5. The van der Waals surface area contributed by atoms with Gasteiger partial charge >= 0.3 is 0 Å². The van der Waals surface area contributed by atoms with E-state index in [1.807, 2.05) is 18.2 Å². The van der Waals surface area contributed by atoms with Crippen molar-refractivity contribution < 1.29 is 14.2 Å². The Bertz CT molecular complexity index is 787. The second kappa shape index (κ2) is 5.50. The topological polar surface area (TPSA) is 42.4 Å². The van der Waals surface area contributed by atoms with Crippen molar-refractivity contribution in [1.29, 1.82) is 0 Å². The summed E-state index contributed by atoms with van der Waals surface area (Å²) in [4.78, 5) is 4.26. The van der Waals surface area contributed by atoms with Crippen molar-refractivity contribution in [3.8, 4) is 11.5 Å². The molecule has 0 aliphatic heterocycles. The van der Waals surface area contributed by atoms with Crippen LogP contribution in [0.25, 0.3) is 10.9 Å². The first-order valence-corrected chi connectivity index (χ1v) is 6.64. The van der Waals surface area contributed by atoms with Crippen LogP contribution in [0.5, 0.6) is 11.5 Å². The van der Waals surface area contributed by atoms with Crippen LogP contribution in [0.4, 0.5) is 4.39 Å². The van der Waals surface area contributed by atoms with Gasteiger partial charge in [0.2, 0.25) is 0 Å². The van der Waals surface area contributed by atoms with E-state index in [0.29, 0.717) is 11.5 Å². The third kappa shape index (κ3) is 2.71. The number of ether oxygens (including phenoxy) is 1. The lowest BCUT2D eigenvalue weighted by molar-refractivity contribution is 0.190. The Hall–Kier alpha value is -2.46. The fourth-order valence-electron chi connectivity index (χ4n) is 2.25. The number of aromatic nitrogens is 1. The number of nitrogens with zero attached hydrogens (tertiary/aromatic N) is 1.